The number of benzene rings is 1. The van der Waals surface area contributed by atoms with Gasteiger partial charge in [-0.25, -0.2) is 13.4 Å². The second kappa shape index (κ2) is 6.77. The van der Waals surface area contributed by atoms with E-state index >= 15 is 0 Å². The zero-order valence-corrected chi connectivity index (χ0v) is 16.9. The zero-order valence-electron chi connectivity index (χ0n) is 16.1. The molecule has 0 atom stereocenters. The number of aromatic nitrogens is 2. The first-order chi connectivity index (χ1) is 13.3. The Morgan fingerprint density at radius 3 is 2.68 bits per heavy atom. The van der Waals surface area contributed by atoms with Gasteiger partial charge in [-0.15, -0.1) is 0 Å². The highest BCUT2D eigenvalue weighted by atomic mass is 32.2. The first-order valence-electron chi connectivity index (χ1n) is 9.20. The molecule has 0 spiro atoms. The molecule has 7 nitrogen and oxygen atoms in total. The predicted molar refractivity (Wildman–Crippen MR) is 106 cm³/mol. The van der Waals surface area contributed by atoms with E-state index in [1.807, 2.05) is 0 Å². The molecule has 2 heterocycles. The molecule has 1 aromatic carbocycles. The normalized spacial score (nSPS) is 14.5. The SMILES string of the molecule is CCS(=O)(=O)Cc1cc(-c2cc(OC)c(=O)n(C)c2)c2oc(C3CC3)nc2c1. The molecular formula is C20H22N2O5S. The van der Waals surface area contributed by atoms with E-state index in [1.165, 1.54) is 11.7 Å². The summed E-state index contributed by atoms with van der Waals surface area (Å²) < 4.78 is 37.0. The van der Waals surface area contributed by atoms with Crippen molar-refractivity contribution in [3.63, 3.8) is 0 Å². The fourth-order valence-electron chi connectivity index (χ4n) is 3.24. The standard InChI is InChI=1S/C20H22N2O5S/c1-4-28(24,25)11-12-7-15(14-9-17(26-3)20(23)22(2)10-14)18-16(8-12)21-19(27-18)13-5-6-13/h7-10,13H,4-6,11H2,1-3H3. The van der Waals surface area contributed by atoms with Crippen LogP contribution in [0.1, 0.15) is 37.1 Å². The maximum absolute atomic E-state index is 12.2. The van der Waals surface area contributed by atoms with Crippen LogP contribution in [0.5, 0.6) is 5.75 Å². The van der Waals surface area contributed by atoms with Gasteiger partial charge in [-0.1, -0.05) is 6.92 Å². The number of ether oxygens (including phenoxy) is 1. The largest absolute Gasteiger partial charge is 0.491 e. The summed E-state index contributed by atoms with van der Waals surface area (Å²) in [6.07, 6.45) is 3.79. The lowest BCUT2D eigenvalue weighted by Gasteiger charge is -2.10. The van der Waals surface area contributed by atoms with Crippen molar-refractivity contribution in [1.82, 2.24) is 9.55 Å². The number of fused-ring (bicyclic) bond motifs is 1. The number of sulfone groups is 1. The topological polar surface area (TPSA) is 91.4 Å². The Morgan fingerprint density at radius 1 is 1.29 bits per heavy atom. The van der Waals surface area contributed by atoms with Crippen molar-refractivity contribution in [3.05, 3.63) is 46.2 Å². The van der Waals surface area contributed by atoms with E-state index in [2.05, 4.69) is 4.98 Å². The molecule has 3 aromatic rings. The van der Waals surface area contributed by atoms with E-state index in [1.54, 1.807) is 38.4 Å². The first kappa shape index (κ1) is 18.7. The lowest BCUT2D eigenvalue weighted by molar-refractivity contribution is 0.405. The minimum absolute atomic E-state index is 0.0685. The number of hydrogen-bond donors (Lipinski definition) is 0. The van der Waals surface area contributed by atoms with E-state index in [9.17, 15) is 13.2 Å². The summed E-state index contributed by atoms with van der Waals surface area (Å²) in [7, 11) is -0.113. The summed E-state index contributed by atoms with van der Waals surface area (Å²) in [5.41, 5.74) is 3.04. The summed E-state index contributed by atoms with van der Waals surface area (Å²) in [5, 5.41) is 0. The highest BCUT2D eigenvalue weighted by Gasteiger charge is 2.30. The van der Waals surface area contributed by atoms with Gasteiger partial charge in [0.05, 0.1) is 12.9 Å². The number of rotatable bonds is 6. The van der Waals surface area contributed by atoms with Crippen molar-refractivity contribution in [2.24, 2.45) is 7.05 Å². The van der Waals surface area contributed by atoms with Crippen molar-refractivity contribution in [2.75, 3.05) is 12.9 Å². The van der Waals surface area contributed by atoms with E-state index in [-0.39, 0.29) is 22.8 Å². The Bertz CT molecular complexity index is 1220. The molecule has 8 heteroatoms. The zero-order chi connectivity index (χ0) is 20.1. The summed E-state index contributed by atoms with van der Waals surface area (Å²) in [4.78, 5) is 16.8. The average Bonchev–Trinajstić information content (AvgIpc) is 3.42. The monoisotopic (exact) mass is 402 g/mol. The first-order valence-corrected chi connectivity index (χ1v) is 11.0. The molecule has 2 aromatic heterocycles. The van der Waals surface area contributed by atoms with Crippen molar-refractivity contribution in [2.45, 2.75) is 31.4 Å². The van der Waals surface area contributed by atoms with Crippen LogP contribution in [0.15, 0.2) is 33.6 Å². The van der Waals surface area contributed by atoms with Crippen molar-refractivity contribution < 1.29 is 17.6 Å². The van der Waals surface area contributed by atoms with Crippen molar-refractivity contribution in [1.29, 1.82) is 0 Å². The summed E-state index contributed by atoms with van der Waals surface area (Å²) in [6.45, 7) is 1.63. The van der Waals surface area contributed by atoms with Crippen LogP contribution in [0.25, 0.3) is 22.2 Å². The minimum Gasteiger partial charge on any atom is -0.491 e. The molecular weight excluding hydrogens is 380 g/mol. The van der Waals surface area contributed by atoms with Gasteiger partial charge in [0, 0.05) is 36.0 Å². The van der Waals surface area contributed by atoms with E-state index in [4.69, 9.17) is 9.15 Å². The van der Waals surface area contributed by atoms with Crippen LogP contribution >= 0.6 is 0 Å². The highest BCUT2D eigenvalue weighted by molar-refractivity contribution is 7.90. The van der Waals surface area contributed by atoms with Crippen LogP contribution in [0.3, 0.4) is 0 Å². The Labute approximate surface area is 162 Å². The summed E-state index contributed by atoms with van der Waals surface area (Å²) in [5.74, 6) is 1.23. The molecule has 0 bridgehead atoms. The smallest absolute Gasteiger partial charge is 0.292 e. The van der Waals surface area contributed by atoms with Crippen LogP contribution in [-0.2, 0) is 22.6 Å². The second-order valence-electron chi connectivity index (χ2n) is 7.21. The van der Waals surface area contributed by atoms with Crippen LogP contribution < -0.4 is 10.3 Å². The summed E-state index contributed by atoms with van der Waals surface area (Å²) in [6, 6.07) is 5.23. The summed E-state index contributed by atoms with van der Waals surface area (Å²) >= 11 is 0. The number of methoxy groups -OCH3 is 1. The maximum Gasteiger partial charge on any atom is 0.292 e. The fourth-order valence-corrected chi connectivity index (χ4v) is 4.12. The number of oxazole rings is 1. The van der Waals surface area contributed by atoms with E-state index in [0.29, 0.717) is 39.6 Å². The van der Waals surface area contributed by atoms with Crippen LogP contribution in [0.2, 0.25) is 0 Å². The van der Waals surface area contributed by atoms with E-state index < -0.39 is 9.84 Å². The van der Waals surface area contributed by atoms with Crippen molar-refractivity contribution >= 4 is 20.9 Å². The molecule has 28 heavy (non-hydrogen) atoms. The molecule has 0 unspecified atom stereocenters. The number of hydrogen-bond acceptors (Lipinski definition) is 6. The Kier molecular flexibility index (Phi) is 4.53. The Balaban J connectivity index is 1.95. The number of aryl methyl sites for hydroxylation is 1. The van der Waals surface area contributed by atoms with Crippen molar-refractivity contribution in [3.8, 4) is 16.9 Å². The predicted octanol–water partition coefficient (Wildman–Crippen LogP) is 3.01. The molecule has 148 valence electrons. The third kappa shape index (κ3) is 3.44. The number of pyridine rings is 1. The average molecular weight is 402 g/mol. The third-order valence-electron chi connectivity index (χ3n) is 5.00. The highest BCUT2D eigenvalue weighted by Crippen LogP contribution is 2.42. The molecule has 0 aliphatic heterocycles. The van der Waals surface area contributed by atoms with Crippen LogP contribution in [0.4, 0.5) is 0 Å². The minimum atomic E-state index is -3.20. The maximum atomic E-state index is 12.2. The molecule has 0 radical (unpaired) electrons. The van der Waals surface area contributed by atoms with Gasteiger partial charge in [0.25, 0.3) is 5.56 Å². The molecule has 0 amide bonds. The van der Waals surface area contributed by atoms with Gasteiger partial charge >= 0.3 is 0 Å². The van der Waals surface area contributed by atoms with Gasteiger partial charge in [-0.3, -0.25) is 4.79 Å². The Hall–Kier alpha value is -2.61. The number of nitrogens with zero attached hydrogens (tertiary/aromatic N) is 2. The molecule has 1 fully saturated rings. The molecule has 0 N–H and O–H groups in total. The van der Waals surface area contributed by atoms with Gasteiger partial charge in [0.1, 0.15) is 5.52 Å². The molecule has 1 aliphatic rings. The lowest BCUT2D eigenvalue weighted by Crippen LogP contribution is -2.17. The quantitative estimate of drug-likeness (QED) is 0.629. The van der Waals surface area contributed by atoms with Gasteiger partial charge in [-0.05, 0) is 36.6 Å². The van der Waals surface area contributed by atoms with E-state index in [0.717, 1.165) is 12.8 Å². The second-order valence-corrected chi connectivity index (χ2v) is 9.56. The van der Waals surface area contributed by atoms with Gasteiger partial charge < -0.3 is 13.7 Å². The lowest BCUT2D eigenvalue weighted by atomic mass is 10.0. The van der Waals surface area contributed by atoms with Crippen LogP contribution in [0, 0.1) is 0 Å². The van der Waals surface area contributed by atoms with Gasteiger partial charge in [0.2, 0.25) is 0 Å². The Morgan fingerprint density at radius 2 is 2.04 bits per heavy atom. The molecule has 1 saturated carbocycles. The molecule has 0 saturated heterocycles. The third-order valence-corrected chi connectivity index (χ3v) is 6.65. The molecule has 1 aliphatic carbocycles. The van der Waals surface area contributed by atoms with Gasteiger partial charge in [-0.2, -0.15) is 0 Å². The molecule has 4 rings (SSSR count). The van der Waals surface area contributed by atoms with Gasteiger partial charge in [0.15, 0.2) is 27.1 Å². The fraction of sp³-hybridized carbons (Fsp3) is 0.400. The van der Waals surface area contributed by atoms with Crippen LogP contribution in [-0.4, -0.2) is 30.8 Å².